The molecule has 192 valence electrons. The zero-order chi connectivity index (χ0) is 25.7. The first-order chi connectivity index (χ1) is 17.2. The normalized spacial score (nSPS) is 24.1. The van der Waals surface area contributed by atoms with E-state index in [2.05, 4.69) is 20.7 Å². The summed E-state index contributed by atoms with van der Waals surface area (Å²) in [4.78, 5) is 67.2. The van der Waals surface area contributed by atoms with Crippen LogP contribution >= 0.6 is 23.5 Å². The monoisotopic (exact) mass is 556 g/mol. The summed E-state index contributed by atoms with van der Waals surface area (Å²) in [5, 5.41) is 19.3. The predicted molar refractivity (Wildman–Crippen MR) is 137 cm³/mol. The maximum atomic E-state index is 13.0. The van der Waals surface area contributed by atoms with Gasteiger partial charge in [-0.2, -0.15) is 10.1 Å². The number of carboxylic acid groups (broad SMARTS) is 1. The van der Waals surface area contributed by atoms with Crippen molar-refractivity contribution in [3.05, 3.63) is 38.5 Å². The van der Waals surface area contributed by atoms with Crippen molar-refractivity contribution < 1.29 is 24.3 Å². The zero-order valence-electron chi connectivity index (χ0n) is 19.6. The molecule has 0 spiro atoms. The molecule has 1 aromatic heterocycles. The molecular formula is C22H25N6NaO6S2. The number of aryl methyl sites for hydroxylation is 2. The molecule has 3 fully saturated rings. The molecular weight excluding hydrogens is 531 g/mol. The Balaban J connectivity index is 0.00000320. The minimum absolute atomic E-state index is 0. The van der Waals surface area contributed by atoms with E-state index in [-0.39, 0.29) is 63.7 Å². The summed E-state index contributed by atoms with van der Waals surface area (Å²) in [5.41, 5.74) is 1.60. The van der Waals surface area contributed by atoms with Crippen LogP contribution in [0.5, 0.6) is 0 Å². The average Bonchev–Trinajstić information content (AvgIpc) is 3.59. The number of carboxylic acids is 1. The molecule has 1 aromatic rings. The van der Waals surface area contributed by atoms with Gasteiger partial charge in [0.25, 0.3) is 11.5 Å². The summed E-state index contributed by atoms with van der Waals surface area (Å²) in [7, 11) is 1.61. The van der Waals surface area contributed by atoms with Crippen molar-refractivity contribution in [3.8, 4) is 0 Å². The summed E-state index contributed by atoms with van der Waals surface area (Å²) >= 11 is 2.40. The van der Waals surface area contributed by atoms with Gasteiger partial charge >= 0.3 is 35.5 Å². The number of aromatic nitrogens is 3. The Morgan fingerprint density at radius 2 is 2.00 bits per heavy atom. The molecule has 37 heavy (non-hydrogen) atoms. The van der Waals surface area contributed by atoms with Crippen molar-refractivity contribution in [2.75, 3.05) is 18.1 Å². The van der Waals surface area contributed by atoms with Gasteiger partial charge in [0.2, 0.25) is 11.8 Å². The molecule has 4 heterocycles. The number of thioether (sulfide) groups is 2. The molecule has 1 aliphatic carbocycles. The van der Waals surface area contributed by atoms with Crippen molar-refractivity contribution in [2.24, 2.45) is 13.0 Å². The van der Waals surface area contributed by atoms with Gasteiger partial charge in [0.15, 0.2) is 5.16 Å². The van der Waals surface area contributed by atoms with Crippen LogP contribution in [-0.4, -0.2) is 107 Å². The average molecular weight is 557 g/mol. The Hall–Kier alpha value is -2.13. The number of allylic oxidation sites excluding steroid dienone is 1. The first-order valence-corrected chi connectivity index (χ1v) is 13.5. The summed E-state index contributed by atoms with van der Waals surface area (Å²) < 4.78 is 1.41. The van der Waals surface area contributed by atoms with Crippen LogP contribution in [0.2, 0.25) is 0 Å². The Kier molecular flexibility index (Phi) is 8.24. The van der Waals surface area contributed by atoms with Crippen LogP contribution in [0.4, 0.5) is 0 Å². The van der Waals surface area contributed by atoms with Gasteiger partial charge in [-0.25, -0.2) is 9.48 Å². The Labute approximate surface area is 242 Å². The number of β-lactam (4-membered cyclic amide) rings is 1. The number of rotatable bonds is 7. The van der Waals surface area contributed by atoms with E-state index in [0.29, 0.717) is 29.9 Å². The van der Waals surface area contributed by atoms with Crippen LogP contribution < -0.4 is 16.2 Å². The third kappa shape index (κ3) is 5.26. The molecule has 3 N–H and O–H groups in total. The van der Waals surface area contributed by atoms with E-state index in [0.717, 1.165) is 30.2 Å². The fourth-order valence-electron chi connectivity index (χ4n) is 4.67. The second kappa shape index (κ2) is 10.9. The van der Waals surface area contributed by atoms with Gasteiger partial charge < -0.3 is 15.7 Å². The number of nitrogens with one attached hydrogen (secondary N) is 2. The van der Waals surface area contributed by atoms with E-state index in [4.69, 9.17) is 0 Å². The first-order valence-electron chi connectivity index (χ1n) is 11.4. The summed E-state index contributed by atoms with van der Waals surface area (Å²) in [6.45, 7) is 2.07. The number of nitrogens with zero attached hydrogens (tertiary/aromatic N) is 4. The fraction of sp³-hybridized carbons (Fsp3) is 0.500. The molecule has 0 aromatic carbocycles. The van der Waals surface area contributed by atoms with Crippen molar-refractivity contribution in [3.63, 3.8) is 0 Å². The van der Waals surface area contributed by atoms with Crippen molar-refractivity contribution >= 4 is 76.8 Å². The third-order valence-electron chi connectivity index (χ3n) is 6.47. The van der Waals surface area contributed by atoms with Gasteiger partial charge in [0, 0.05) is 24.9 Å². The fourth-order valence-corrected chi connectivity index (χ4v) is 6.76. The Morgan fingerprint density at radius 1 is 1.27 bits per heavy atom. The molecule has 4 aliphatic rings. The van der Waals surface area contributed by atoms with E-state index >= 15 is 0 Å². The molecule has 0 radical (unpaired) electrons. The predicted octanol–water partition coefficient (Wildman–Crippen LogP) is -1.11. The number of carbonyl (C=O) groups excluding carboxylic acids is 3. The van der Waals surface area contributed by atoms with Crippen LogP contribution in [0.1, 0.15) is 25.0 Å². The second-order valence-corrected chi connectivity index (χ2v) is 11.0. The third-order valence-corrected chi connectivity index (χ3v) is 8.77. The molecule has 5 rings (SSSR count). The van der Waals surface area contributed by atoms with E-state index in [1.165, 1.54) is 21.3 Å². The minimum atomic E-state index is -1.22. The first kappa shape index (κ1) is 27.9. The molecule has 2 saturated heterocycles. The topological polar surface area (TPSA) is 164 Å². The van der Waals surface area contributed by atoms with Crippen LogP contribution in [-0.2, 0) is 26.2 Å². The molecule has 0 unspecified atom stereocenters. The quantitative estimate of drug-likeness (QED) is 0.162. The molecule has 3 aliphatic heterocycles. The van der Waals surface area contributed by atoms with E-state index in [9.17, 15) is 29.1 Å². The van der Waals surface area contributed by atoms with Crippen molar-refractivity contribution in [1.82, 2.24) is 30.3 Å². The number of carbonyl (C=O) groups is 4. The molecule has 12 nitrogen and oxygen atoms in total. The standard InChI is InChI=1S/C22H24N6O6S2.Na.H/c1-9-17(30)25-22(27(2)26-9)36-8-13(29)24-15-19(32)28-16(21(33)34)12(7-35-20(15)28)14(10-3-4-10)11-5-6-23-18(11)31;;/h10,15,20H,3-8H2,1-2H3,(H,23,31)(H,24,29)(H,33,34);;/t15-,20-;;/m1../s1. The van der Waals surface area contributed by atoms with Crippen molar-refractivity contribution in [2.45, 2.75) is 42.8 Å². The molecule has 0 bridgehead atoms. The summed E-state index contributed by atoms with van der Waals surface area (Å²) in [6, 6.07) is -0.862. The van der Waals surface area contributed by atoms with Gasteiger partial charge in [-0.3, -0.25) is 24.1 Å². The number of fused-ring (bicyclic) bond motifs is 1. The number of hydrogen-bond acceptors (Lipinski definition) is 9. The van der Waals surface area contributed by atoms with Crippen LogP contribution in [0.15, 0.2) is 32.4 Å². The maximum absolute atomic E-state index is 13.0. The molecule has 15 heteroatoms. The van der Waals surface area contributed by atoms with E-state index in [1.54, 1.807) is 14.0 Å². The van der Waals surface area contributed by atoms with Gasteiger partial charge in [0.1, 0.15) is 22.8 Å². The Bertz CT molecular complexity index is 1320. The van der Waals surface area contributed by atoms with Gasteiger partial charge in [-0.15, -0.1) is 11.8 Å². The van der Waals surface area contributed by atoms with Crippen LogP contribution in [0.3, 0.4) is 0 Å². The van der Waals surface area contributed by atoms with Gasteiger partial charge in [-0.05, 0) is 43.3 Å². The summed E-state index contributed by atoms with van der Waals surface area (Å²) in [5.74, 6) is -1.96. The number of aliphatic carboxylic acids is 1. The molecule has 1 saturated carbocycles. The molecule has 2 atom stereocenters. The zero-order valence-corrected chi connectivity index (χ0v) is 21.2. The van der Waals surface area contributed by atoms with Gasteiger partial charge in [0.05, 0.1) is 5.75 Å². The van der Waals surface area contributed by atoms with Crippen LogP contribution in [0, 0.1) is 12.8 Å². The van der Waals surface area contributed by atoms with E-state index in [1.807, 2.05) is 0 Å². The van der Waals surface area contributed by atoms with Crippen molar-refractivity contribution in [1.29, 1.82) is 0 Å². The van der Waals surface area contributed by atoms with Gasteiger partial charge in [-0.1, -0.05) is 11.8 Å². The number of hydrogen-bond donors (Lipinski definition) is 3. The molecule has 3 amide bonds. The number of amides is 3. The Morgan fingerprint density at radius 3 is 2.62 bits per heavy atom. The van der Waals surface area contributed by atoms with E-state index < -0.39 is 34.8 Å². The summed E-state index contributed by atoms with van der Waals surface area (Å²) in [6.07, 6.45) is 2.31. The second-order valence-electron chi connectivity index (χ2n) is 8.96. The van der Waals surface area contributed by atoms with Crippen LogP contribution in [0.25, 0.3) is 0 Å². The SMILES string of the molecule is Cc1nn(C)c(SCC(=O)N[C@@H]2C(=O)N3C(C(=O)O)=C(C(=C4CCNC4=O)C4CC4)CS[C@H]23)nc1=O.[NaH].